The smallest absolute Gasteiger partial charge is 0.270 e. The standard InChI is InChI=1S/C18H25N3O3/c1-4-7-18(24,8-5-2)12-20-16(22)14-11-19-15-10-13(3)6-9-21(15)17(14)23/h6,9-11,24H,4-5,7-8,12H2,1-3H3,(H,20,22). The van der Waals surface area contributed by atoms with Gasteiger partial charge in [0.1, 0.15) is 11.2 Å². The molecule has 0 aliphatic rings. The normalized spacial score (nSPS) is 11.7. The van der Waals surface area contributed by atoms with Crippen LogP contribution in [0.1, 0.15) is 55.5 Å². The quantitative estimate of drug-likeness (QED) is 0.813. The second-order valence-corrected chi connectivity index (χ2v) is 6.32. The van der Waals surface area contributed by atoms with Gasteiger partial charge in [-0.3, -0.25) is 14.0 Å². The molecule has 0 bridgehead atoms. The lowest BCUT2D eigenvalue weighted by Crippen LogP contribution is -2.44. The fraction of sp³-hybridized carbons (Fsp3) is 0.500. The number of nitrogens with one attached hydrogen (secondary N) is 1. The first-order chi connectivity index (χ1) is 11.4. The maximum Gasteiger partial charge on any atom is 0.270 e. The third-order valence-corrected chi connectivity index (χ3v) is 4.12. The molecule has 0 spiro atoms. The van der Waals surface area contributed by atoms with Gasteiger partial charge in [-0.1, -0.05) is 26.7 Å². The highest BCUT2D eigenvalue weighted by Crippen LogP contribution is 2.18. The van der Waals surface area contributed by atoms with Crippen LogP contribution in [-0.4, -0.2) is 32.5 Å². The van der Waals surface area contributed by atoms with Crippen LogP contribution in [0.5, 0.6) is 0 Å². The Balaban J connectivity index is 2.21. The van der Waals surface area contributed by atoms with Gasteiger partial charge in [0.15, 0.2) is 0 Å². The molecule has 6 nitrogen and oxygen atoms in total. The molecular weight excluding hydrogens is 306 g/mol. The SMILES string of the molecule is CCCC(O)(CCC)CNC(=O)c1cnc2cc(C)ccn2c1=O. The zero-order valence-electron chi connectivity index (χ0n) is 14.5. The number of fused-ring (bicyclic) bond motifs is 1. The van der Waals surface area contributed by atoms with Gasteiger partial charge in [-0.15, -0.1) is 0 Å². The monoisotopic (exact) mass is 331 g/mol. The first kappa shape index (κ1) is 18.1. The van der Waals surface area contributed by atoms with Crippen LogP contribution < -0.4 is 10.9 Å². The van der Waals surface area contributed by atoms with E-state index in [1.165, 1.54) is 10.6 Å². The number of nitrogens with zero attached hydrogens (tertiary/aromatic N) is 2. The van der Waals surface area contributed by atoms with Gasteiger partial charge >= 0.3 is 0 Å². The van der Waals surface area contributed by atoms with Crippen LogP contribution >= 0.6 is 0 Å². The third-order valence-electron chi connectivity index (χ3n) is 4.12. The van der Waals surface area contributed by atoms with Crippen molar-refractivity contribution in [1.29, 1.82) is 0 Å². The maximum absolute atomic E-state index is 12.5. The van der Waals surface area contributed by atoms with Gasteiger partial charge in [0.2, 0.25) is 0 Å². The number of hydrogen-bond donors (Lipinski definition) is 2. The van der Waals surface area contributed by atoms with Crippen molar-refractivity contribution in [2.75, 3.05) is 6.54 Å². The van der Waals surface area contributed by atoms with Crippen molar-refractivity contribution in [2.24, 2.45) is 0 Å². The van der Waals surface area contributed by atoms with Gasteiger partial charge < -0.3 is 10.4 Å². The minimum atomic E-state index is -0.934. The van der Waals surface area contributed by atoms with E-state index in [0.29, 0.717) is 18.5 Å². The molecule has 0 saturated carbocycles. The molecule has 6 heteroatoms. The highest BCUT2D eigenvalue weighted by atomic mass is 16.3. The Kier molecular flexibility index (Phi) is 5.72. The molecule has 24 heavy (non-hydrogen) atoms. The van der Waals surface area contributed by atoms with Crippen molar-refractivity contribution >= 4 is 11.6 Å². The number of amides is 1. The zero-order valence-corrected chi connectivity index (χ0v) is 14.5. The van der Waals surface area contributed by atoms with E-state index >= 15 is 0 Å². The first-order valence-electron chi connectivity index (χ1n) is 8.39. The average molecular weight is 331 g/mol. The van der Waals surface area contributed by atoms with Crippen LogP contribution in [0.15, 0.2) is 29.3 Å². The van der Waals surface area contributed by atoms with Gasteiger partial charge in [0.05, 0.1) is 5.60 Å². The lowest BCUT2D eigenvalue weighted by atomic mass is 9.92. The lowest BCUT2D eigenvalue weighted by molar-refractivity contribution is 0.0212. The minimum Gasteiger partial charge on any atom is -0.388 e. The number of rotatable bonds is 7. The Bertz CT molecular complexity index is 777. The fourth-order valence-electron chi connectivity index (χ4n) is 2.90. The second kappa shape index (κ2) is 7.57. The van der Waals surface area contributed by atoms with Crippen LogP contribution in [-0.2, 0) is 0 Å². The minimum absolute atomic E-state index is 0.0216. The fourth-order valence-corrected chi connectivity index (χ4v) is 2.90. The topological polar surface area (TPSA) is 83.7 Å². The molecule has 0 fully saturated rings. The summed E-state index contributed by atoms with van der Waals surface area (Å²) in [6.07, 6.45) is 5.77. The molecule has 0 unspecified atom stereocenters. The van der Waals surface area contributed by atoms with Crippen molar-refractivity contribution in [3.8, 4) is 0 Å². The molecule has 2 aromatic rings. The van der Waals surface area contributed by atoms with Crippen LogP contribution in [0.2, 0.25) is 0 Å². The van der Waals surface area contributed by atoms with Gasteiger partial charge in [-0.2, -0.15) is 0 Å². The molecule has 2 aromatic heterocycles. The van der Waals surface area contributed by atoms with Gasteiger partial charge in [-0.05, 0) is 37.5 Å². The Morgan fingerprint density at radius 2 is 2.00 bits per heavy atom. The summed E-state index contributed by atoms with van der Waals surface area (Å²) in [5.74, 6) is -0.506. The van der Waals surface area contributed by atoms with Gasteiger partial charge in [0, 0.05) is 18.9 Å². The number of aliphatic hydroxyl groups is 1. The molecule has 130 valence electrons. The number of pyridine rings is 1. The number of hydrogen-bond acceptors (Lipinski definition) is 4. The predicted molar refractivity (Wildman–Crippen MR) is 93.3 cm³/mol. The van der Waals surface area contributed by atoms with Crippen molar-refractivity contribution in [3.63, 3.8) is 0 Å². The number of aryl methyl sites for hydroxylation is 1. The summed E-state index contributed by atoms with van der Waals surface area (Å²) in [4.78, 5) is 29.0. The van der Waals surface area contributed by atoms with Gasteiger partial charge in [-0.25, -0.2) is 4.98 Å². The molecule has 0 atom stereocenters. The number of carbonyl (C=O) groups excluding carboxylic acids is 1. The Morgan fingerprint density at radius 3 is 2.62 bits per heavy atom. The van der Waals surface area contributed by atoms with Crippen molar-refractivity contribution in [2.45, 2.75) is 52.1 Å². The summed E-state index contributed by atoms with van der Waals surface area (Å²) >= 11 is 0. The Labute approximate surface area is 141 Å². The molecule has 0 saturated heterocycles. The van der Waals surface area contributed by atoms with E-state index < -0.39 is 17.1 Å². The number of carbonyl (C=O) groups is 1. The van der Waals surface area contributed by atoms with E-state index in [2.05, 4.69) is 10.3 Å². The van der Waals surface area contributed by atoms with Crippen LogP contribution in [0, 0.1) is 6.92 Å². The molecule has 0 aromatic carbocycles. The predicted octanol–water partition coefficient (Wildman–Crippen LogP) is 2.06. The Morgan fingerprint density at radius 1 is 1.33 bits per heavy atom. The molecule has 0 aliphatic carbocycles. The average Bonchev–Trinajstić information content (AvgIpc) is 2.53. The van der Waals surface area contributed by atoms with Crippen LogP contribution in [0.3, 0.4) is 0 Å². The second-order valence-electron chi connectivity index (χ2n) is 6.32. The third kappa shape index (κ3) is 4.00. The maximum atomic E-state index is 12.5. The highest BCUT2D eigenvalue weighted by Gasteiger charge is 2.26. The molecule has 0 aliphatic heterocycles. The van der Waals surface area contributed by atoms with Crippen LogP contribution in [0.25, 0.3) is 5.65 Å². The largest absolute Gasteiger partial charge is 0.388 e. The van der Waals surface area contributed by atoms with E-state index in [9.17, 15) is 14.7 Å². The highest BCUT2D eigenvalue weighted by molar-refractivity contribution is 5.93. The molecule has 2 rings (SSSR count). The van der Waals surface area contributed by atoms with E-state index in [1.807, 2.05) is 20.8 Å². The van der Waals surface area contributed by atoms with E-state index in [0.717, 1.165) is 18.4 Å². The summed E-state index contributed by atoms with van der Waals surface area (Å²) in [5.41, 5.74) is 0.128. The van der Waals surface area contributed by atoms with Crippen LogP contribution in [0.4, 0.5) is 0 Å². The molecule has 1 amide bonds. The summed E-state index contributed by atoms with van der Waals surface area (Å²) in [7, 11) is 0. The number of aromatic nitrogens is 2. The van der Waals surface area contributed by atoms with Crippen molar-refractivity contribution in [1.82, 2.24) is 14.7 Å². The van der Waals surface area contributed by atoms with E-state index in [-0.39, 0.29) is 12.1 Å². The van der Waals surface area contributed by atoms with E-state index in [4.69, 9.17) is 0 Å². The Hall–Kier alpha value is -2.21. The molecule has 2 N–H and O–H groups in total. The lowest BCUT2D eigenvalue weighted by Gasteiger charge is -2.27. The molecule has 2 heterocycles. The van der Waals surface area contributed by atoms with E-state index in [1.54, 1.807) is 18.3 Å². The molecule has 0 radical (unpaired) electrons. The first-order valence-corrected chi connectivity index (χ1v) is 8.39. The summed E-state index contributed by atoms with van der Waals surface area (Å²) in [6, 6.07) is 3.57. The zero-order chi connectivity index (χ0) is 17.7. The van der Waals surface area contributed by atoms with Gasteiger partial charge in [0.25, 0.3) is 11.5 Å². The van der Waals surface area contributed by atoms with Crippen molar-refractivity contribution in [3.05, 3.63) is 46.0 Å². The summed E-state index contributed by atoms with van der Waals surface area (Å²) < 4.78 is 1.35. The summed E-state index contributed by atoms with van der Waals surface area (Å²) in [5, 5.41) is 13.2. The molecular formula is C18H25N3O3. The van der Waals surface area contributed by atoms with Crippen molar-refractivity contribution < 1.29 is 9.90 Å². The summed E-state index contributed by atoms with van der Waals surface area (Å²) in [6.45, 7) is 6.02.